The van der Waals surface area contributed by atoms with Gasteiger partial charge < -0.3 is 5.32 Å². The summed E-state index contributed by atoms with van der Waals surface area (Å²) in [5.41, 5.74) is 3.75. The minimum atomic E-state index is 0.476. The second kappa shape index (κ2) is 6.10. The third-order valence-electron chi connectivity index (χ3n) is 2.78. The van der Waals surface area contributed by atoms with Gasteiger partial charge in [-0.2, -0.15) is 5.26 Å². The summed E-state index contributed by atoms with van der Waals surface area (Å²) in [4.78, 5) is 0. The average Bonchev–Trinajstić information content (AvgIpc) is 2.39. The fraction of sp³-hybridized carbons (Fsp3) is 0.133. The average molecular weight is 336 g/mol. The molecule has 0 unspecified atom stereocenters. The van der Waals surface area contributed by atoms with Crippen molar-refractivity contribution in [3.63, 3.8) is 0 Å². The molecule has 2 aromatic rings. The lowest BCUT2D eigenvalue weighted by Crippen LogP contribution is -2.00. The van der Waals surface area contributed by atoms with Gasteiger partial charge in [-0.15, -0.1) is 0 Å². The summed E-state index contributed by atoms with van der Waals surface area (Å²) in [5.74, 6) is 0. The third-order valence-corrected chi connectivity index (χ3v) is 3.85. The van der Waals surface area contributed by atoms with Crippen molar-refractivity contribution in [2.75, 3.05) is 5.32 Å². The first kappa shape index (κ1) is 13.9. The molecule has 0 saturated heterocycles. The Labute approximate surface area is 126 Å². The minimum Gasteiger partial charge on any atom is -0.381 e. The maximum Gasteiger partial charge on any atom is 0.101 e. The van der Waals surface area contributed by atoms with Crippen molar-refractivity contribution in [1.82, 2.24) is 0 Å². The van der Waals surface area contributed by atoms with Gasteiger partial charge >= 0.3 is 0 Å². The predicted molar refractivity (Wildman–Crippen MR) is 82.4 cm³/mol. The number of rotatable bonds is 3. The Kier molecular flexibility index (Phi) is 4.47. The Hall–Kier alpha value is -1.50. The van der Waals surface area contributed by atoms with E-state index in [1.54, 1.807) is 12.1 Å². The van der Waals surface area contributed by atoms with Crippen LogP contribution in [0.2, 0.25) is 5.02 Å². The fourth-order valence-electron chi connectivity index (χ4n) is 1.71. The number of benzene rings is 2. The highest BCUT2D eigenvalue weighted by molar-refractivity contribution is 9.10. The van der Waals surface area contributed by atoms with E-state index in [1.165, 1.54) is 11.1 Å². The van der Waals surface area contributed by atoms with Gasteiger partial charge in [0, 0.05) is 16.7 Å². The van der Waals surface area contributed by atoms with E-state index in [0.29, 0.717) is 17.1 Å². The monoisotopic (exact) mass is 334 g/mol. The smallest absolute Gasteiger partial charge is 0.101 e. The van der Waals surface area contributed by atoms with Crippen LogP contribution in [-0.4, -0.2) is 0 Å². The standard InChI is InChI=1S/C15H12BrClN2/c1-10-2-3-11(14(16)6-10)9-19-13-4-5-15(17)12(7-13)8-18/h2-7,19H,9H2,1H3. The summed E-state index contributed by atoms with van der Waals surface area (Å²) in [5, 5.41) is 12.7. The SMILES string of the molecule is Cc1ccc(CNc2ccc(Cl)c(C#N)c2)c(Br)c1. The highest BCUT2D eigenvalue weighted by atomic mass is 79.9. The van der Waals surface area contributed by atoms with E-state index < -0.39 is 0 Å². The molecular weight excluding hydrogens is 324 g/mol. The topological polar surface area (TPSA) is 35.8 Å². The summed E-state index contributed by atoms with van der Waals surface area (Å²) in [6, 6.07) is 13.7. The number of hydrogen-bond acceptors (Lipinski definition) is 2. The van der Waals surface area contributed by atoms with Crippen LogP contribution in [0.25, 0.3) is 0 Å². The molecule has 2 aromatic carbocycles. The number of anilines is 1. The van der Waals surface area contributed by atoms with E-state index in [1.807, 2.05) is 6.07 Å². The van der Waals surface area contributed by atoms with Crippen LogP contribution in [0.15, 0.2) is 40.9 Å². The zero-order valence-corrected chi connectivity index (χ0v) is 12.7. The van der Waals surface area contributed by atoms with E-state index in [0.717, 1.165) is 10.2 Å². The van der Waals surface area contributed by atoms with Crippen molar-refractivity contribution < 1.29 is 0 Å². The highest BCUT2D eigenvalue weighted by Crippen LogP contribution is 2.22. The summed E-state index contributed by atoms with van der Waals surface area (Å²) in [7, 11) is 0. The maximum absolute atomic E-state index is 8.93. The van der Waals surface area contributed by atoms with Gasteiger partial charge in [-0.3, -0.25) is 0 Å². The Bertz CT molecular complexity index is 647. The predicted octanol–water partition coefficient (Wildman–Crippen LogP) is 4.89. The van der Waals surface area contributed by atoms with Crippen LogP contribution in [0.1, 0.15) is 16.7 Å². The van der Waals surface area contributed by atoms with Gasteiger partial charge in [0.2, 0.25) is 0 Å². The molecule has 0 aliphatic carbocycles. The Balaban J connectivity index is 2.13. The molecule has 0 bridgehead atoms. The van der Waals surface area contributed by atoms with Gasteiger partial charge in [-0.1, -0.05) is 39.7 Å². The van der Waals surface area contributed by atoms with Crippen molar-refractivity contribution in [2.24, 2.45) is 0 Å². The molecule has 96 valence electrons. The van der Waals surface area contributed by atoms with E-state index in [4.69, 9.17) is 16.9 Å². The van der Waals surface area contributed by atoms with Crippen LogP contribution >= 0.6 is 27.5 Å². The lowest BCUT2D eigenvalue weighted by molar-refractivity contribution is 1.13. The van der Waals surface area contributed by atoms with Gasteiger partial charge in [-0.05, 0) is 42.3 Å². The first-order chi connectivity index (χ1) is 9.10. The second-order valence-corrected chi connectivity index (χ2v) is 5.52. The Morgan fingerprint density at radius 2 is 2.05 bits per heavy atom. The normalized spacial score (nSPS) is 10.0. The molecule has 19 heavy (non-hydrogen) atoms. The minimum absolute atomic E-state index is 0.476. The Morgan fingerprint density at radius 3 is 2.74 bits per heavy atom. The molecule has 0 aliphatic heterocycles. The molecule has 0 spiro atoms. The number of aryl methyl sites for hydroxylation is 1. The molecule has 2 nitrogen and oxygen atoms in total. The summed E-state index contributed by atoms with van der Waals surface area (Å²) < 4.78 is 1.08. The van der Waals surface area contributed by atoms with E-state index in [2.05, 4.69) is 52.4 Å². The van der Waals surface area contributed by atoms with Crippen molar-refractivity contribution in [2.45, 2.75) is 13.5 Å². The van der Waals surface area contributed by atoms with E-state index in [9.17, 15) is 0 Å². The molecule has 0 radical (unpaired) electrons. The summed E-state index contributed by atoms with van der Waals surface area (Å²) in [6.07, 6.45) is 0. The molecule has 0 heterocycles. The number of hydrogen-bond donors (Lipinski definition) is 1. The third kappa shape index (κ3) is 3.50. The Morgan fingerprint density at radius 1 is 1.26 bits per heavy atom. The fourth-order valence-corrected chi connectivity index (χ4v) is 2.51. The van der Waals surface area contributed by atoms with Crippen LogP contribution in [0.4, 0.5) is 5.69 Å². The van der Waals surface area contributed by atoms with Gasteiger partial charge in [0.1, 0.15) is 6.07 Å². The highest BCUT2D eigenvalue weighted by Gasteiger charge is 2.03. The zero-order valence-electron chi connectivity index (χ0n) is 10.4. The molecule has 0 aliphatic rings. The lowest BCUT2D eigenvalue weighted by atomic mass is 10.1. The van der Waals surface area contributed by atoms with Crippen molar-refractivity contribution >= 4 is 33.2 Å². The van der Waals surface area contributed by atoms with Crippen LogP contribution in [0.3, 0.4) is 0 Å². The van der Waals surface area contributed by atoms with Crippen molar-refractivity contribution in [1.29, 1.82) is 5.26 Å². The molecular formula is C15H12BrClN2. The van der Waals surface area contributed by atoms with Gasteiger partial charge in [0.05, 0.1) is 10.6 Å². The number of nitrogens with zero attached hydrogens (tertiary/aromatic N) is 1. The summed E-state index contributed by atoms with van der Waals surface area (Å²) in [6.45, 7) is 2.74. The molecule has 1 N–H and O–H groups in total. The van der Waals surface area contributed by atoms with Gasteiger partial charge in [-0.25, -0.2) is 0 Å². The zero-order chi connectivity index (χ0) is 13.8. The van der Waals surface area contributed by atoms with Crippen LogP contribution in [-0.2, 0) is 6.54 Å². The number of halogens is 2. The first-order valence-electron chi connectivity index (χ1n) is 5.78. The lowest BCUT2D eigenvalue weighted by Gasteiger charge is -2.09. The first-order valence-corrected chi connectivity index (χ1v) is 6.96. The van der Waals surface area contributed by atoms with Crippen LogP contribution in [0.5, 0.6) is 0 Å². The van der Waals surface area contributed by atoms with Crippen molar-refractivity contribution in [3.05, 3.63) is 62.6 Å². The van der Waals surface area contributed by atoms with E-state index >= 15 is 0 Å². The van der Waals surface area contributed by atoms with E-state index in [-0.39, 0.29) is 0 Å². The molecule has 2 rings (SSSR count). The number of nitrogens with one attached hydrogen (secondary N) is 1. The molecule has 0 atom stereocenters. The largest absolute Gasteiger partial charge is 0.381 e. The molecule has 0 saturated carbocycles. The molecule has 0 amide bonds. The second-order valence-electron chi connectivity index (χ2n) is 4.25. The maximum atomic E-state index is 8.93. The number of nitriles is 1. The molecule has 0 fully saturated rings. The quantitative estimate of drug-likeness (QED) is 0.866. The van der Waals surface area contributed by atoms with Crippen LogP contribution < -0.4 is 5.32 Å². The van der Waals surface area contributed by atoms with Crippen LogP contribution in [0, 0.1) is 18.3 Å². The van der Waals surface area contributed by atoms with Gasteiger partial charge in [0.15, 0.2) is 0 Å². The summed E-state index contributed by atoms with van der Waals surface area (Å²) >= 11 is 9.45. The molecule has 4 heteroatoms. The van der Waals surface area contributed by atoms with Gasteiger partial charge in [0.25, 0.3) is 0 Å². The van der Waals surface area contributed by atoms with Crippen molar-refractivity contribution in [3.8, 4) is 6.07 Å². The molecule has 0 aromatic heterocycles.